The first-order valence-electron chi connectivity index (χ1n) is 6.26. The summed E-state index contributed by atoms with van der Waals surface area (Å²) < 4.78 is 11.8. The molecule has 0 aliphatic carbocycles. The van der Waals surface area contributed by atoms with Gasteiger partial charge in [-0.3, -0.25) is 4.79 Å². The Labute approximate surface area is 113 Å². The van der Waals surface area contributed by atoms with Crippen molar-refractivity contribution >= 4 is 24.2 Å². The van der Waals surface area contributed by atoms with Crippen molar-refractivity contribution in [1.29, 1.82) is 0 Å². The van der Waals surface area contributed by atoms with Crippen molar-refractivity contribution in [2.75, 3.05) is 5.73 Å². The molecule has 102 valence electrons. The number of nitrogens with zero attached hydrogens (tertiary/aromatic N) is 1. The Morgan fingerprint density at radius 1 is 1.26 bits per heavy atom. The third kappa shape index (κ3) is 2.38. The summed E-state index contributed by atoms with van der Waals surface area (Å²) in [4.78, 5) is 15.5. The van der Waals surface area contributed by atoms with E-state index >= 15 is 0 Å². The average molecular weight is 262 g/mol. The number of nitrogens with two attached hydrogens (primary N) is 1. The lowest BCUT2D eigenvalue weighted by molar-refractivity contribution is 0.00578. The highest BCUT2D eigenvalue weighted by molar-refractivity contribution is 6.62. The SMILES string of the molecule is CC(=O)c1cc(B2OC(C)(C)C(C)(C)O2)cnc1N. The number of rotatable bonds is 2. The van der Waals surface area contributed by atoms with Crippen LogP contribution < -0.4 is 11.2 Å². The number of hydrogen-bond donors (Lipinski definition) is 1. The van der Waals surface area contributed by atoms with Crippen molar-refractivity contribution < 1.29 is 14.1 Å². The molecule has 2 heterocycles. The van der Waals surface area contributed by atoms with Gasteiger partial charge >= 0.3 is 7.12 Å². The number of aromatic nitrogens is 1. The maximum atomic E-state index is 11.5. The molecule has 2 rings (SSSR count). The number of hydrogen-bond acceptors (Lipinski definition) is 5. The molecule has 1 aliphatic heterocycles. The van der Waals surface area contributed by atoms with Crippen LogP contribution in [0, 0.1) is 0 Å². The zero-order valence-corrected chi connectivity index (χ0v) is 12.0. The molecule has 0 unspecified atom stereocenters. The topological polar surface area (TPSA) is 74.4 Å². The van der Waals surface area contributed by atoms with Crippen LogP contribution in [0.5, 0.6) is 0 Å². The van der Waals surface area contributed by atoms with Crippen LogP contribution >= 0.6 is 0 Å². The first-order valence-corrected chi connectivity index (χ1v) is 6.26. The molecule has 0 amide bonds. The second-order valence-electron chi connectivity index (χ2n) is 5.85. The Hall–Kier alpha value is -1.40. The Balaban J connectivity index is 2.35. The maximum absolute atomic E-state index is 11.5. The first-order chi connectivity index (χ1) is 8.64. The van der Waals surface area contributed by atoms with Crippen LogP contribution in [0.15, 0.2) is 12.3 Å². The lowest BCUT2D eigenvalue weighted by Gasteiger charge is -2.32. The summed E-state index contributed by atoms with van der Waals surface area (Å²) in [5, 5.41) is 0. The van der Waals surface area contributed by atoms with Gasteiger partial charge in [-0.15, -0.1) is 0 Å². The predicted molar refractivity (Wildman–Crippen MR) is 74.4 cm³/mol. The molecule has 1 fully saturated rings. The van der Waals surface area contributed by atoms with Gasteiger partial charge in [0.25, 0.3) is 0 Å². The fourth-order valence-electron chi connectivity index (χ4n) is 1.88. The molecule has 1 aromatic rings. The van der Waals surface area contributed by atoms with Crippen molar-refractivity contribution in [3.63, 3.8) is 0 Å². The van der Waals surface area contributed by atoms with E-state index in [0.717, 1.165) is 0 Å². The van der Waals surface area contributed by atoms with Gasteiger partial charge < -0.3 is 15.0 Å². The molecular formula is C13H19BN2O3. The van der Waals surface area contributed by atoms with Gasteiger partial charge in [0, 0.05) is 11.7 Å². The van der Waals surface area contributed by atoms with Crippen LogP contribution in [0.3, 0.4) is 0 Å². The molecule has 6 heteroatoms. The molecule has 1 aliphatic rings. The molecule has 2 N–H and O–H groups in total. The van der Waals surface area contributed by atoms with E-state index in [-0.39, 0.29) is 11.6 Å². The van der Waals surface area contributed by atoms with Crippen LogP contribution in [-0.4, -0.2) is 29.1 Å². The van der Waals surface area contributed by atoms with Gasteiger partial charge in [-0.25, -0.2) is 4.98 Å². The van der Waals surface area contributed by atoms with Crippen molar-refractivity contribution in [1.82, 2.24) is 4.98 Å². The Morgan fingerprint density at radius 3 is 2.26 bits per heavy atom. The van der Waals surface area contributed by atoms with E-state index in [9.17, 15) is 4.79 Å². The number of pyridine rings is 1. The van der Waals surface area contributed by atoms with Gasteiger partial charge in [0.1, 0.15) is 5.82 Å². The van der Waals surface area contributed by atoms with Crippen LogP contribution in [0.25, 0.3) is 0 Å². The number of nitrogen functional groups attached to an aromatic ring is 1. The number of carbonyl (C=O) groups is 1. The number of carbonyl (C=O) groups excluding carboxylic acids is 1. The maximum Gasteiger partial charge on any atom is 0.496 e. The summed E-state index contributed by atoms with van der Waals surface area (Å²) in [5.41, 5.74) is 5.94. The zero-order valence-electron chi connectivity index (χ0n) is 12.0. The van der Waals surface area contributed by atoms with Crippen LogP contribution in [-0.2, 0) is 9.31 Å². The van der Waals surface area contributed by atoms with Crippen LogP contribution in [0.2, 0.25) is 0 Å². The van der Waals surface area contributed by atoms with E-state index in [1.54, 1.807) is 12.3 Å². The molecule has 5 nitrogen and oxygen atoms in total. The number of ketones is 1. The lowest BCUT2D eigenvalue weighted by atomic mass is 9.79. The van der Waals surface area contributed by atoms with Crippen molar-refractivity contribution in [3.05, 3.63) is 17.8 Å². The summed E-state index contributed by atoms with van der Waals surface area (Å²) in [6.45, 7) is 9.36. The smallest absolute Gasteiger partial charge is 0.399 e. The van der Waals surface area contributed by atoms with Crippen LogP contribution in [0.1, 0.15) is 45.0 Å². The molecule has 0 aromatic carbocycles. The van der Waals surface area contributed by atoms with Gasteiger partial charge in [0.2, 0.25) is 0 Å². The molecule has 0 atom stereocenters. The molecule has 19 heavy (non-hydrogen) atoms. The fraction of sp³-hybridized carbons (Fsp3) is 0.538. The summed E-state index contributed by atoms with van der Waals surface area (Å²) in [6.07, 6.45) is 1.59. The standard InChI is InChI=1S/C13H19BN2O3/c1-8(17)10-6-9(7-16-11(10)15)14-18-12(2,3)13(4,5)19-14/h6-7H,1-5H3,(H2,15,16). The second kappa shape index (κ2) is 4.32. The summed E-state index contributed by atoms with van der Waals surface area (Å²) in [6, 6.07) is 1.69. The molecule has 0 bridgehead atoms. The van der Waals surface area contributed by atoms with Gasteiger partial charge in [0.15, 0.2) is 5.78 Å². The zero-order chi connectivity index (χ0) is 14.4. The van der Waals surface area contributed by atoms with Crippen molar-refractivity contribution in [2.24, 2.45) is 0 Å². The van der Waals surface area contributed by atoms with Crippen molar-refractivity contribution in [2.45, 2.75) is 45.8 Å². The minimum absolute atomic E-state index is 0.122. The quantitative estimate of drug-likeness (QED) is 0.639. The van der Waals surface area contributed by atoms with E-state index in [4.69, 9.17) is 15.0 Å². The van der Waals surface area contributed by atoms with Gasteiger partial charge in [-0.05, 0) is 40.7 Å². The van der Waals surface area contributed by atoms with Crippen LogP contribution in [0.4, 0.5) is 5.82 Å². The number of Topliss-reactive ketones (excluding diaryl/α,β-unsaturated/α-hetero) is 1. The Bertz CT molecular complexity index is 513. The highest BCUT2D eigenvalue weighted by Gasteiger charge is 2.51. The third-order valence-corrected chi connectivity index (χ3v) is 3.84. The normalized spacial score (nSPS) is 20.6. The highest BCUT2D eigenvalue weighted by atomic mass is 16.7. The fourth-order valence-corrected chi connectivity index (χ4v) is 1.88. The molecule has 0 radical (unpaired) electrons. The molecule has 0 spiro atoms. The third-order valence-electron chi connectivity index (χ3n) is 3.84. The molecule has 1 aromatic heterocycles. The average Bonchev–Trinajstić information content (AvgIpc) is 2.48. The van der Waals surface area contributed by atoms with Gasteiger partial charge in [-0.1, -0.05) is 0 Å². The van der Waals surface area contributed by atoms with E-state index in [2.05, 4.69) is 4.98 Å². The van der Waals surface area contributed by atoms with Gasteiger partial charge in [0.05, 0.1) is 16.8 Å². The Morgan fingerprint density at radius 2 is 1.79 bits per heavy atom. The van der Waals surface area contributed by atoms with Crippen molar-refractivity contribution in [3.8, 4) is 0 Å². The van der Waals surface area contributed by atoms with E-state index in [1.165, 1.54) is 6.92 Å². The Kier molecular flexibility index (Phi) is 3.19. The highest BCUT2D eigenvalue weighted by Crippen LogP contribution is 2.36. The predicted octanol–water partition coefficient (Wildman–Crippen LogP) is 1.17. The molecular weight excluding hydrogens is 243 g/mol. The minimum Gasteiger partial charge on any atom is -0.399 e. The largest absolute Gasteiger partial charge is 0.496 e. The molecule has 1 saturated heterocycles. The summed E-state index contributed by atoms with van der Waals surface area (Å²) in [7, 11) is -0.531. The monoisotopic (exact) mass is 262 g/mol. The summed E-state index contributed by atoms with van der Waals surface area (Å²) in [5.74, 6) is 0.108. The van der Waals surface area contributed by atoms with E-state index in [1.807, 2.05) is 27.7 Å². The second-order valence-corrected chi connectivity index (χ2v) is 5.85. The van der Waals surface area contributed by atoms with E-state index in [0.29, 0.717) is 11.0 Å². The minimum atomic E-state index is -0.531. The molecule has 0 saturated carbocycles. The lowest BCUT2D eigenvalue weighted by Crippen LogP contribution is -2.41. The van der Waals surface area contributed by atoms with Gasteiger partial charge in [-0.2, -0.15) is 0 Å². The first kappa shape index (κ1) is 14.0. The summed E-state index contributed by atoms with van der Waals surface area (Å²) >= 11 is 0. The number of anilines is 1. The van der Waals surface area contributed by atoms with E-state index < -0.39 is 18.3 Å².